The molecule has 1 amide bonds. The molecule has 1 heterocycles. The summed E-state index contributed by atoms with van der Waals surface area (Å²) in [7, 11) is 0. The zero-order chi connectivity index (χ0) is 13.7. The third kappa shape index (κ3) is 3.81. The van der Waals surface area contributed by atoms with E-state index < -0.39 is 18.2 Å². The molecule has 0 saturated carbocycles. The SMILES string of the molecule is N[C@H]1CN(C(=O)OCc2ccccc2)CC=C[C@@H]1O. The van der Waals surface area contributed by atoms with E-state index in [4.69, 9.17) is 10.5 Å². The van der Waals surface area contributed by atoms with Crippen LogP contribution in [0.3, 0.4) is 0 Å². The quantitative estimate of drug-likeness (QED) is 0.776. The molecule has 1 aliphatic rings. The smallest absolute Gasteiger partial charge is 0.410 e. The molecule has 0 bridgehead atoms. The van der Waals surface area contributed by atoms with E-state index in [2.05, 4.69) is 0 Å². The van der Waals surface area contributed by atoms with E-state index in [9.17, 15) is 9.90 Å². The summed E-state index contributed by atoms with van der Waals surface area (Å²) < 4.78 is 5.22. The monoisotopic (exact) mass is 262 g/mol. The van der Waals surface area contributed by atoms with Gasteiger partial charge in [-0.1, -0.05) is 42.5 Å². The number of hydrogen-bond acceptors (Lipinski definition) is 4. The summed E-state index contributed by atoms with van der Waals surface area (Å²) >= 11 is 0. The summed E-state index contributed by atoms with van der Waals surface area (Å²) in [6.07, 6.45) is 2.20. The van der Waals surface area contributed by atoms with Gasteiger partial charge in [-0.25, -0.2) is 4.79 Å². The fourth-order valence-electron chi connectivity index (χ4n) is 1.87. The topological polar surface area (TPSA) is 75.8 Å². The summed E-state index contributed by atoms with van der Waals surface area (Å²) in [4.78, 5) is 13.4. The molecule has 0 spiro atoms. The highest BCUT2D eigenvalue weighted by atomic mass is 16.6. The molecule has 1 aromatic rings. The minimum atomic E-state index is -0.716. The molecule has 0 aliphatic carbocycles. The molecule has 19 heavy (non-hydrogen) atoms. The van der Waals surface area contributed by atoms with Crippen molar-refractivity contribution < 1.29 is 14.6 Å². The Morgan fingerprint density at radius 3 is 2.89 bits per heavy atom. The van der Waals surface area contributed by atoms with Crippen LogP contribution in [0.2, 0.25) is 0 Å². The van der Waals surface area contributed by atoms with Gasteiger partial charge in [-0.15, -0.1) is 0 Å². The lowest BCUT2D eigenvalue weighted by Gasteiger charge is -2.23. The van der Waals surface area contributed by atoms with E-state index in [0.717, 1.165) is 5.56 Å². The van der Waals surface area contributed by atoms with Crippen LogP contribution in [0.1, 0.15) is 5.56 Å². The number of nitrogens with zero attached hydrogens (tertiary/aromatic N) is 1. The van der Waals surface area contributed by atoms with Gasteiger partial charge in [0.2, 0.25) is 0 Å². The first-order valence-corrected chi connectivity index (χ1v) is 6.23. The number of hydrogen-bond donors (Lipinski definition) is 2. The van der Waals surface area contributed by atoms with Crippen molar-refractivity contribution in [2.75, 3.05) is 13.1 Å². The molecule has 2 rings (SSSR count). The fourth-order valence-corrected chi connectivity index (χ4v) is 1.87. The van der Waals surface area contributed by atoms with Gasteiger partial charge < -0.3 is 20.5 Å². The summed E-state index contributed by atoms with van der Waals surface area (Å²) in [5, 5.41) is 9.57. The van der Waals surface area contributed by atoms with Crippen molar-refractivity contribution in [2.24, 2.45) is 5.73 Å². The van der Waals surface area contributed by atoms with E-state index >= 15 is 0 Å². The molecular formula is C14H18N2O3. The summed E-state index contributed by atoms with van der Waals surface area (Å²) in [5.41, 5.74) is 6.70. The third-order valence-electron chi connectivity index (χ3n) is 2.99. The van der Waals surface area contributed by atoms with Crippen LogP contribution in [-0.2, 0) is 11.3 Å². The van der Waals surface area contributed by atoms with Crippen LogP contribution in [-0.4, -0.2) is 41.3 Å². The van der Waals surface area contributed by atoms with E-state index in [-0.39, 0.29) is 13.2 Å². The highest BCUT2D eigenvalue weighted by Crippen LogP contribution is 2.07. The van der Waals surface area contributed by atoms with Crippen molar-refractivity contribution in [3.63, 3.8) is 0 Å². The van der Waals surface area contributed by atoms with Crippen LogP contribution in [0, 0.1) is 0 Å². The predicted octanol–water partition coefficient (Wildman–Crippen LogP) is 0.883. The van der Waals surface area contributed by atoms with Crippen LogP contribution in [0.15, 0.2) is 42.5 Å². The van der Waals surface area contributed by atoms with Gasteiger partial charge in [0.25, 0.3) is 0 Å². The molecule has 2 atom stereocenters. The lowest BCUT2D eigenvalue weighted by atomic mass is 10.2. The van der Waals surface area contributed by atoms with E-state index in [1.165, 1.54) is 4.90 Å². The second kappa shape index (κ2) is 6.36. The second-order valence-electron chi connectivity index (χ2n) is 4.53. The Kier molecular flexibility index (Phi) is 4.54. The Morgan fingerprint density at radius 1 is 1.42 bits per heavy atom. The predicted molar refractivity (Wildman–Crippen MR) is 71.3 cm³/mol. The molecule has 0 radical (unpaired) electrons. The first kappa shape index (κ1) is 13.6. The summed E-state index contributed by atoms with van der Waals surface area (Å²) in [5.74, 6) is 0. The molecule has 5 nitrogen and oxygen atoms in total. The molecular weight excluding hydrogens is 244 g/mol. The maximum absolute atomic E-state index is 11.9. The number of amides is 1. The van der Waals surface area contributed by atoms with Crippen molar-refractivity contribution in [2.45, 2.75) is 18.8 Å². The number of aliphatic hydroxyl groups excluding tert-OH is 1. The Hall–Kier alpha value is -1.85. The Balaban J connectivity index is 1.88. The van der Waals surface area contributed by atoms with E-state index in [0.29, 0.717) is 6.54 Å². The van der Waals surface area contributed by atoms with Crippen molar-refractivity contribution in [1.29, 1.82) is 0 Å². The normalized spacial score (nSPS) is 22.9. The molecule has 0 aromatic heterocycles. The Morgan fingerprint density at radius 2 is 2.16 bits per heavy atom. The second-order valence-corrected chi connectivity index (χ2v) is 4.53. The van der Waals surface area contributed by atoms with Gasteiger partial charge in [0.05, 0.1) is 12.1 Å². The van der Waals surface area contributed by atoms with Crippen molar-refractivity contribution in [3.05, 3.63) is 48.0 Å². The van der Waals surface area contributed by atoms with Crippen molar-refractivity contribution in [3.8, 4) is 0 Å². The van der Waals surface area contributed by atoms with Gasteiger partial charge >= 0.3 is 6.09 Å². The first-order valence-electron chi connectivity index (χ1n) is 6.23. The van der Waals surface area contributed by atoms with Gasteiger partial charge in [-0.3, -0.25) is 0 Å². The average molecular weight is 262 g/mol. The zero-order valence-corrected chi connectivity index (χ0v) is 10.6. The summed E-state index contributed by atoms with van der Waals surface area (Å²) in [6, 6.07) is 9.00. The molecule has 5 heteroatoms. The minimum Gasteiger partial charge on any atom is -0.445 e. The number of aliphatic hydroxyl groups is 1. The lowest BCUT2D eigenvalue weighted by molar-refractivity contribution is 0.0927. The molecule has 1 aromatic carbocycles. The van der Waals surface area contributed by atoms with E-state index in [1.54, 1.807) is 12.2 Å². The summed E-state index contributed by atoms with van der Waals surface area (Å²) in [6.45, 7) is 0.915. The fraction of sp³-hybridized carbons (Fsp3) is 0.357. The van der Waals surface area contributed by atoms with Gasteiger partial charge in [0.15, 0.2) is 0 Å². The Labute approximate surface area is 112 Å². The zero-order valence-electron chi connectivity index (χ0n) is 10.6. The third-order valence-corrected chi connectivity index (χ3v) is 2.99. The first-order chi connectivity index (χ1) is 9.16. The average Bonchev–Trinajstić information content (AvgIpc) is 2.60. The maximum Gasteiger partial charge on any atom is 0.410 e. The molecule has 0 saturated heterocycles. The maximum atomic E-state index is 11.9. The number of carbonyl (C=O) groups is 1. The van der Waals surface area contributed by atoms with Gasteiger partial charge in [0.1, 0.15) is 6.61 Å². The molecule has 102 valence electrons. The number of ether oxygens (including phenoxy) is 1. The van der Waals surface area contributed by atoms with Crippen LogP contribution < -0.4 is 5.73 Å². The van der Waals surface area contributed by atoms with Gasteiger partial charge in [-0.05, 0) is 5.56 Å². The molecule has 1 aliphatic heterocycles. The van der Waals surface area contributed by atoms with Crippen molar-refractivity contribution in [1.82, 2.24) is 4.90 Å². The number of nitrogens with two attached hydrogens (primary N) is 1. The highest BCUT2D eigenvalue weighted by Gasteiger charge is 2.23. The minimum absolute atomic E-state index is 0.234. The number of rotatable bonds is 2. The Bertz CT molecular complexity index is 447. The van der Waals surface area contributed by atoms with Crippen LogP contribution in [0.5, 0.6) is 0 Å². The number of carbonyl (C=O) groups excluding carboxylic acids is 1. The van der Waals surface area contributed by atoms with Gasteiger partial charge in [-0.2, -0.15) is 0 Å². The molecule has 0 fully saturated rings. The van der Waals surface area contributed by atoms with Gasteiger partial charge in [0, 0.05) is 13.1 Å². The largest absolute Gasteiger partial charge is 0.445 e. The van der Waals surface area contributed by atoms with Crippen LogP contribution in [0.4, 0.5) is 4.79 Å². The van der Waals surface area contributed by atoms with Crippen LogP contribution >= 0.6 is 0 Å². The molecule has 3 N–H and O–H groups in total. The standard InChI is InChI=1S/C14H18N2O3/c15-12-9-16(8-4-7-13(12)17)14(18)19-10-11-5-2-1-3-6-11/h1-7,12-13,17H,8-10,15H2/t12-,13-/m0/s1. The van der Waals surface area contributed by atoms with Crippen molar-refractivity contribution >= 4 is 6.09 Å². The number of benzene rings is 1. The highest BCUT2D eigenvalue weighted by molar-refractivity contribution is 5.68. The lowest BCUT2D eigenvalue weighted by Crippen LogP contribution is -2.45. The van der Waals surface area contributed by atoms with Crippen LogP contribution in [0.25, 0.3) is 0 Å². The molecule has 0 unspecified atom stereocenters. The van der Waals surface area contributed by atoms with E-state index in [1.807, 2.05) is 30.3 Å².